The lowest BCUT2D eigenvalue weighted by molar-refractivity contribution is 0.298. The van der Waals surface area contributed by atoms with Gasteiger partial charge in [-0.1, -0.05) is 24.3 Å². The first kappa shape index (κ1) is 15.0. The van der Waals surface area contributed by atoms with Crippen LogP contribution < -0.4 is 10.5 Å². The van der Waals surface area contributed by atoms with Gasteiger partial charge in [0.2, 0.25) is 0 Å². The first-order valence-corrected chi connectivity index (χ1v) is 7.32. The van der Waals surface area contributed by atoms with Gasteiger partial charge in [-0.3, -0.25) is 0 Å². The fourth-order valence-corrected chi connectivity index (χ4v) is 2.41. The van der Waals surface area contributed by atoms with E-state index in [1.54, 1.807) is 0 Å². The normalized spacial score (nSPS) is 12.2. The molecule has 0 aromatic heterocycles. The number of halogens is 1. The van der Waals surface area contributed by atoms with Crippen molar-refractivity contribution in [1.29, 1.82) is 0 Å². The Morgan fingerprint density at radius 1 is 1.20 bits per heavy atom. The molecule has 2 rings (SSSR count). The quantitative estimate of drug-likeness (QED) is 0.873. The van der Waals surface area contributed by atoms with Crippen LogP contribution in [-0.2, 0) is 6.42 Å². The Morgan fingerprint density at radius 2 is 1.95 bits per heavy atom. The number of hydrogen-bond donors (Lipinski definition) is 2. The minimum atomic E-state index is -0.0120. The van der Waals surface area contributed by atoms with Crippen LogP contribution >= 0.6 is 15.9 Å². The van der Waals surface area contributed by atoms with Crippen molar-refractivity contribution in [3.63, 3.8) is 0 Å². The molecule has 0 radical (unpaired) electrons. The van der Waals surface area contributed by atoms with Crippen molar-refractivity contribution in [3.05, 3.63) is 58.1 Å². The van der Waals surface area contributed by atoms with Crippen molar-refractivity contribution in [2.75, 3.05) is 6.61 Å². The Hall–Kier alpha value is -1.36. The lowest BCUT2D eigenvalue weighted by Gasteiger charge is -2.13. The summed E-state index contributed by atoms with van der Waals surface area (Å²) in [6.45, 7) is 2.05. The van der Waals surface area contributed by atoms with E-state index in [0.717, 1.165) is 27.1 Å². The van der Waals surface area contributed by atoms with Crippen molar-refractivity contribution >= 4 is 15.9 Å². The maximum Gasteiger partial charge on any atom is 0.141 e. The second-order valence-corrected chi connectivity index (χ2v) is 5.52. The summed E-state index contributed by atoms with van der Waals surface area (Å²) in [5.74, 6) is 1.50. The van der Waals surface area contributed by atoms with Gasteiger partial charge in [-0.05, 0) is 58.6 Å². The largest absolute Gasteiger partial charge is 0.456 e. The summed E-state index contributed by atoms with van der Waals surface area (Å²) in [5, 5.41) is 9.08. The molecule has 0 bridgehead atoms. The highest BCUT2D eigenvalue weighted by molar-refractivity contribution is 9.10. The lowest BCUT2D eigenvalue weighted by atomic mass is 10.1. The van der Waals surface area contributed by atoms with Gasteiger partial charge in [0.1, 0.15) is 11.5 Å². The third-order valence-electron chi connectivity index (χ3n) is 3.06. The molecule has 0 aliphatic rings. The van der Waals surface area contributed by atoms with E-state index in [-0.39, 0.29) is 12.6 Å². The highest BCUT2D eigenvalue weighted by Gasteiger charge is 2.09. The van der Waals surface area contributed by atoms with E-state index in [1.807, 2.05) is 49.4 Å². The van der Waals surface area contributed by atoms with Crippen LogP contribution in [0.4, 0.5) is 0 Å². The van der Waals surface area contributed by atoms with E-state index in [2.05, 4.69) is 15.9 Å². The van der Waals surface area contributed by atoms with Gasteiger partial charge >= 0.3 is 0 Å². The number of hydrogen-bond acceptors (Lipinski definition) is 3. The molecule has 106 valence electrons. The second kappa shape index (κ2) is 6.88. The number of nitrogens with two attached hydrogens (primary N) is 1. The average Bonchev–Trinajstić information content (AvgIpc) is 2.43. The van der Waals surface area contributed by atoms with Crippen LogP contribution in [0.25, 0.3) is 0 Å². The predicted molar refractivity (Wildman–Crippen MR) is 84.1 cm³/mol. The maximum atomic E-state index is 9.08. The Kier molecular flexibility index (Phi) is 5.17. The molecular formula is C16H18BrNO2. The van der Waals surface area contributed by atoms with E-state index < -0.39 is 0 Å². The molecule has 2 aromatic carbocycles. The van der Waals surface area contributed by atoms with E-state index in [4.69, 9.17) is 15.6 Å². The molecule has 0 aliphatic heterocycles. The Morgan fingerprint density at radius 3 is 2.60 bits per heavy atom. The molecule has 3 N–H and O–H groups in total. The zero-order valence-corrected chi connectivity index (χ0v) is 12.9. The van der Waals surface area contributed by atoms with E-state index in [1.165, 1.54) is 0 Å². The summed E-state index contributed by atoms with van der Waals surface area (Å²) < 4.78 is 6.80. The minimum Gasteiger partial charge on any atom is -0.456 e. The van der Waals surface area contributed by atoms with E-state index >= 15 is 0 Å². The van der Waals surface area contributed by atoms with Crippen molar-refractivity contribution in [2.24, 2.45) is 5.73 Å². The summed E-state index contributed by atoms with van der Waals surface area (Å²) in [6.07, 6.45) is 0.575. The highest BCUT2D eigenvalue weighted by atomic mass is 79.9. The molecule has 0 spiro atoms. The topological polar surface area (TPSA) is 55.5 Å². The Bertz CT molecular complexity index is 584. The summed E-state index contributed by atoms with van der Waals surface area (Å²) in [6, 6.07) is 13.5. The van der Waals surface area contributed by atoms with Gasteiger partial charge in [0.15, 0.2) is 0 Å². The highest BCUT2D eigenvalue weighted by Crippen LogP contribution is 2.33. The molecule has 0 saturated heterocycles. The molecule has 0 fully saturated rings. The number of ether oxygens (including phenoxy) is 1. The number of rotatable bonds is 5. The van der Waals surface area contributed by atoms with Crippen molar-refractivity contribution in [2.45, 2.75) is 19.4 Å². The van der Waals surface area contributed by atoms with Crippen LogP contribution in [-0.4, -0.2) is 11.7 Å². The third-order valence-corrected chi connectivity index (χ3v) is 3.68. The van der Waals surface area contributed by atoms with Crippen molar-refractivity contribution < 1.29 is 9.84 Å². The van der Waals surface area contributed by atoms with Gasteiger partial charge in [-0.15, -0.1) is 0 Å². The molecule has 0 saturated carbocycles. The molecule has 0 unspecified atom stereocenters. The maximum absolute atomic E-state index is 9.08. The number of aliphatic hydroxyl groups excluding tert-OH is 1. The van der Waals surface area contributed by atoms with Crippen LogP contribution in [0.2, 0.25) is 0 Å². The molecule has 0 heterocycles. The summed E-state index contributed by atoms with van der Waals surface area (Å²) in [4.78, 5) is 0. The van der Waals surface area contributed by atoms with Crippen LogP contribution in [0.5, 0.6) is 11.5 Å². The van der Waals surface area contributed by atoms with Gasteiger partial charge in [-0.25, -0.2) is 0 Å². The fraction of sp³-hybridized carbons (Fsp3) is 0.250. The second-order valence-electron chi connectivity index (χ2n) is 4.66. The van der Waals surface area contributed by atoms with Crippen LogP contribution in [0.1, 0.15) is 24.1 Å². The van der Waals surface area contributed by atoms with Crippen LogP contribution in [0.3, 0.4) is 0 Å². The van der Waals surface area contributed by atoms with E-state index in [0.29, 0.717) is 6.42 Å². The smallest absolute Gasteiger partial charge is 0.141 e. The molecule has 3 nitrogen and oxygen atoms in total. The zero-order chi connectivity index (χ0) is 14.5. The van der Waals surface area contributed by atoms with Gasteiger partial charge in [-0.2, -0.15) is 0 Å². The molecule has 4 heteroatoms. The Labute approximate surface area is 127 Å². The number of aliphatic hydroxyl groups is 1. The zero-order valence-electron chi connectivity index (χ0n) is 11.3. The van der Waals surface area contributed by atoms with Gasteiger partial charge < -0.3 is 15.6 Å². The van der Waals surface area contributed by atoms with Gasteiger partial charge in [0.05, 0.1) is 4.47 Å². The lowest BCUT2D eigenvalue weighted by Crippen LogP contribution is -2.04. The monoisotopic (exact) mass is 335 g/mol. The minimum absolute atomic E-state index is 0.0120. The standard InChI is InChI=1S/C16H18BrNO2/c1-11(18)13-6-7-16(14(17)10-13)20-15-5-3-2-4-12(15)8-9-19/h2-7,10-11,19H,8-9,18H2,1H3/t11-/m0/s1. The fourth-order valence-electron chi connectivity index (χ4n) is 1.93. The molecular weight excluding hydrogens is 318 g/mol. The number of para-hydroxylation sites is 1. The van der Waals surface area contributed by atoms with Gasteiger partial charge in [0.25, 0.3) is 0 Å². The Balaban J connectivity index is 2.26. The first-order chi connectivity index (χ1) is 9.61. The molecule has 2 aromatic rings. The molecule has 0 amide bonds. The van der Waals surface area contributed by atoms with Crippen LogP contribution in [0, 0.1) is 0 Å². The third kappa shape index (κ3) is 3.60. The van der Waals surface area contributed by atoms with E-state index in [9.17, 15) is 0 Å². The predicted octanol–water partition coefficient (Wildman–Crippen LogP) is 3.80. The van der Waals surface area contributed by atoms with Crippen LogP contribution in [0.15, 0.2) is 46.9 Å². The SMILES string of the molecule is C[C@H](N)c1ccc(Oc2ccccc2CCO)c(Br)c1. The molecule has 20 heavy (non-hydrogen) atoms. The number of benzene rings is 2. The average molecular weight is 336 g/mol. The summed E-state index contributed by atoms with van der Waals surface area (Å²) >= 11 is 3.51. The summed E-state index contributed by atoms with van der Waals surface area (Å²) in [5.41, 5.74) is 7.89. The van der Waals surface area contributed by atoms with Crippen molar-refractivity contribution in [1.82, 2.24) is 0 Å². The first-order valence-electron chi connectivity index (χ1n) is 6.53. The van der Waals surface area contributed by atoms with Crippen molar-refractivity contribution in [3.8, 4) is 11.5 Å². The van der Waals surface area contributed by atoms with Gasteiger partial charge in [0, 0.05) is 12.6 Å². The summed E-state index contributed by atoms with van der Waals surface area (Å²) in [7, 11) is 0. The molecule has 0 aliphatic carbocycles. The molecule has 1 atom stereocenters.